The highest BCUT2D eigenvalue weighted by Crippen LogP contribution is 2.25. The molecule has 1 saturated carbocycles. The zero-order chi connectivity index (χ0) is 14.9. The zero-order valence-electron chi connectivity index (χ0n) is 14.0. The SMILES string of the molecule is CC(C)CCc1ccccc1CNCCC1CCCCC1. The summed E-state index contributed by atoms with van der Waals surface area (Å²) < 4.78 is 0. The van der Waals surface area contributed by atoms with Crippen LogP contribution in [0.3, 0.4) is 0 Å². The van der Waals surface area contributed by atoms with Gasteiger partial charge in [0.25, 0.3) is 0 Å². The maximum absolute atomic E-state index is 3.68. The molecule has 1 aromatic rings. The van der Waals surface area contributed by atoms with Crippen LogP contribution in [0.4, 0.5) is 0 Å². The topological polar surface area (TPSA) is 12.0 Å². The summed E-state index contributed by atoms with van der Waals surface area (Å²) in [5.41, 5.74) is 3.04. The fraction of sp³-hybridized carbons (Fsp3) is 0.700. The van der Waals surface area contributed by atoms with Gasteiger partial charge in [-0.05, 0) is 48.8 Å². The molecule has 0 saturated heterocycles. The van der Waals surface area contributed by atoms with E-state index in [4.69, 9.17) is 0 Å². The van der Waals surface area contributed by atoms with Crippen LogP contribution in [0.1, 0.15) is 69.9 Å². The van der Waals surface area contributed by atoms with Crippen molar-refractivity contribution < 1.29 is 0 Å². The van der Waals surface area contributed by atoms with Gasteiger partial charge in [0.1, 0.15) is 0 Å². The van der Waals surface area contributed by atoms with Crippen molar-refractivity contribution in [2.24, 2.45) is 11.8 Å². The molecule has 2 rings (SSSR count). The summed E-state index contributed by atoms with van der Waals surface area (Å²) in [6.07, 6.45) is 11.2. The lowest BCUT2D eigenvalue weighted by Crippen LogP contribution is -2.19. The highest BCUT2D eigenvalue weighted by atomic mass is 14.8. The minimum Gasteiger partial charge on any atom is -0.313 e. The first kappa shape index (κ1) is 16.5. The smallest absolute Gasteiger partial charge is 0.0208 e. The van der Waals surface area contributed by atoms with Crippen molar-refractivity contribution in [3.63, 3.8) is 0 Å². The van der Waals surface area contributed by atoms with Crippen LogP contribution in [-0.2, 0) is 13.0 Å². The third-order valence-corrected chi connectivity index (χ3v) is 4.88. The Hall–Kier alpha value is -0.820. The van der Waals surface area contributed by atoms with Crippen LogP contribution in [0.2, 0.25) is 0 Å². The van der Waals surface area contributed by atoms with E-state index >= 15 is 0 Å². The molecule has 1 N–H and O–H groups in total. The number of hydrogen-bond acceptors (Lipinski definition) is 1. The average molecular weight is 287 g/mol. The van der Waals surface area contributed by atoms with Crippen molar-refractivity contribution in [2.75, 3.05) is 6.54 Å². The summed E-state index contributed by atoms with van der Waals surface area (Å²) in [5, 5.41) is 3.68. The Morgan fingerprint density at radius 3 is 2.48 bits per heavy atom. The Labute approximate surface area is 131 Å². The minimum atomic E-state index is 0.789. The molecule has 1 aromatic carbocycles. The van der Waals surface area contributed by atoms with Gasteiger partial charge in [-0.1, -0.05) is 70.2 Å². The summed E-state index contributed by atoms with van der Waals surface area (Å²) in [6, 6.07) is 8.96. The molecule has 0 atom stereocenters. The molecule has 1 aliphatic carbocycles. The van der Waals surface area contributed by atoms with Gasteiger partial charge in [-0.2, -0.15) is 0 Å². The maximum atomic E-state index is 3.68. The van der Waals surface area contributed by atoms with E-state index in [2.05, 4.69) is 43.4 Å². The molecular weight excluding hydrogens is 254 g/mol. The molecule has 0 amide bonds. The first-order chi connectivity index (χ1) is 10.3. The molecule has 0 bridgehead atoms. The monoisotopic (exact) mass is 287 g/mol. The summed E-state index contributed by atoms with van der Waals surface area (Å²) in [5.74, 6) is 1.78. The molecule has 0 radical (unpaired) electrons. The lowest BCUT2D eigenvalue weighted by Gasteiger charge is -2.21. The van der Waals surface area contributed by atoms with Gasteiger partial charge >= 0.3 is 0 Å². The molecule has 0 aliphatic heterocycles. The normalized spacial score (nSPS) is 16.5. The Balaban J connectivity index is 1.71. The van der Waals surface area contributed by atoms with Crippen molar-refractivity contribution in [3.05, 3.63) is 35.4 Å². The molecule has 21 heavy (non-hydrogen) atoms. The van der Waals surface area contributed by atoms with Gasteiger partial charge in [0, 0.05) is 6.54 Å². The maximum Gasteiger partial charge on any atom is 0.0208 e. The second kappa shape index (κ2) is 9.25. The summed E-state index contributed by atoms with van der Waals surface area (Å²) in [4.78, 5) is 0. The predicted octanol–water partition coefficient (Wildman–Crippen LogP) is 5.34. The molecule has 0 aromatic heterocycles. The van der Waals surface area contributed by atoms with Crippen molar-refractivity contribution in [1.29, 1.82) is 0 Å². The van der Waals surface area contributed by atoms with E-state index in [1.54, 1.807) is 0 Å². The third kappa shape index (κ3) is 6.22. The number of rotatable bonds is 8. The third-order valence-electron chi connectivity index (χ3n) is 4.88. The molecule has 118 valence electrons. The lowest BCUT2D eigenvalue weighted by molar-refractivity contribution is 0.334. The van der Waals surface area contributed by atoms with Crippen molar-refractivity contribution in [1.82, 2.24) is 5.32 Å². The molecule has 1 aliphatic rings. The van der Waals surface area contributed by atoms with Crippen LogP contribution in [-0.4, -0.2) is 6.54 Å². The number of benzene rings is 1. The number of hydrogen-bond donors (Lipinski definition) is 1. The van der Waals surface area contributed by atoms with E-state index in [0.717, 1.165) is 18.4 Å². The van der Waals surface area contributed by atoms with Crippen LogP contribution in [0.25, 0.3) is 0 Å². The second-order valence-corrected chi connectivity index (χ2v) is 7.17. The molecule has 0 heterocycles. The fourth-order valence-corrected chi connectivity index (χ4v) is 3.42. The molecular formula is C20H33N. The summed E-state index contributed by atoms with van der Waals surface area (Å²) in [7, 11) is 0. The van der Waals surface area contributed by atoms with Crippen LogP contribution in [0.5, 0.6) is 0 Å². The molecule has 0 unspecified atom stereocenters. The minimum absolute atomic E-state index is 0.789. The van der Waals surface area contributed by atoms with Gasteiger partial charge in [0.05, 0.1) is 0 Å². The lowest BCUT2D eigenvalue weighted by atomic mass is 9.87. The van der Waals surface area contributed by atoms with Crippen molar-refractivity contribution in [3.8, 4) is 0 Å². The van der Waals surface area contributed by atoms with Gasteiger partial charge in [0.2, 0.25) is 0 Å². The highest BCUT2D eigenvalue weighted by molar-refractivity contribution is 5.27. The van der Waals surface area contributed by atoms with E-state index in [9.17, 15) is 0 Å². The molecule has 1 nitrogen and oxygen atoms in total. The van der Waals surface area contributed by atoms with E-state index in [1.165, 1.54) is 69.0 Å². The summed E-state index contributed by atoms with van der Waals surface area (Å²) in [6.45, 7) is 6.85. The Kier molecular flexibility index (Phi) is 7.29. The van der Waals surface area contributed by atoms with Gasteiger partial charge in [-0.15, -0.1) is 0 Å². The first-order valence-electron chi connectivity index (χ1n) is 9.03. The second-order valence-electron chi connectivity index (χ2n) is 7.17. The Bertz CT molecular complexity index is 391. The average Bonchev–Trinajstić information content (AvgIpc) is 2.51. The Morgan fingerprint density at radius 1 is 1.05 bits per heavy atom. The van der Waals surface area contributed by atoms with Gasteiger partial charge in [-0.3, -0.25) is 0 Å². The molecule has 0 spiro atoms. The van der Waals surface area contributed by atoms with E-state index in [0.29, 0.717) is 0 Å². The number of aryl methyl sites for hydroxylation is 1. The van der Waals surface area contributed by atoms with E-state index < -0.39 is 0 Å². The van der Waals surface area contributed by atoms with E-state index in [-0.39, 0.29) is 0 Å². The van der Waals surface area contributed by atoms with Crippen LogP contribution in [0.15, 0.2) is 24.3 Å². The van der Waals surface area contributed by atoms with Crippen molar-refractivity contribution in [2.45, 2.75) is 71.8 Å². The van der Waals surface area contributed by atoms with Crippen LogP contribution >= 0.6 is 0 Å². The Morgan fingerprint density at radius 2 is 1.76 bits per heavy atom. The van der Waals surface area contributed by atoms with Crippen LogP contribution < -0.4 is 5.32 Å². The molecule has 1 heteroatoms. The first-order valence-corrected chi connectivity index (χ1v) is 9.03. The standard InChI is InChI=1S/C20H33N/c1-17(2)12-13-19-10-6-7-11-20(19)16-21-15-14-18-8-4-3-5-9-18/h6-7,10-11,17-18,21H,3-5,8-9,12-16H2,1-2H3. The highest BCUT2D eigenvalue weighted by Gasteiger charge is 2.12. The van der Waals surface area contributed by atoms with Gasteiger partial charge < -0.3 is 5.32 Å². The number of nitrogens with one attached hydrogen (secondary N) is 1. The van der Waals surface area contributed by atoms with Crippen LogP contribution in [0, 0.1) is 11.8 Å². The van der Waals surface area contributed by atoms with Gasteiger partial charge in [-0.25, -0.2) is 0 Å². The fourth-order valence-electron chi connectivity index (χ4n) is 3.42. The van der Waals surface area contributed by atoms with Crippen molar-refractivity contribution >= 4 is 0 Å². The largest absolute Gasteiger partial charge is 0.313 e. The predicted molar refractivity (Wildman–Crippen MR) is 92.5 cm³/mol. The summed E-state index contributed by atoms with van der Waals surface area (Å²) >= 11 is 0. The van der Waals surface area contributed by atoms with Gasteiger partial charge in [0.15, 0.2) is 0 Å². The zero-order valence-corrected chi connectivity index (χ0v) is 14.0. The quantitative estimate of drug-likeness (QED) is 0.637. The van der Waals surface area contributed by atoms with E-state index in [1.807, 2.05) is 0 Å². The molecule has 1 fully saturated rings.